The molecule has 0 aliphatic heterocycles. The summed E-state index contributed by atoms with van der Waals surface area (Å²) in [4.78, 5) is 18.9. The second kappa shape index (κ2) is 5.12. The van der Waals surface area contributed by atoms with Crippen molar-refractivity contribution in [3.63, 3.8) is 0 Å². The number of hydrogen-bond donors (Lipinski definition) is 1. The van der Waals surface area contributed by atoms with Crippen LogP contribution < -0.4 is 10.5 Å². The molecular weight excluding hydrogens is 230 g/mol. The molecule has 5 heteroatoms. The van der Waals surface area contributed by atoms with Crippen LogP contribution in [0.25, 0.3) is 17.3 Å². The van der Waals surface area contributed by atoms with Crippen LogP contribution in [0.4, 0.5) is 5.82 Å². The zero-order chi connectivity index (χ0) is 13.0. The van der Waals surface area contributed by atoms with E-state index in [0.29, 0.717) is 11.4 Å². The molecule has 90 valence electrons. The molecule has 0 bridgehead atoms. The average Bonchev–Trinajstić information content (AvgIpc) is 2.41. The van der Waals surface area contributed by atoms with Gasteiger partial charge < -0.3 is 10.5 Å². The van der Waals surface area contributed by atoms with E-state index in [0.717, 1.165) is 5.56 Å². The van der Waals surface area contributed by atoms with E-state index in [2.05, 4.69) is 9.97 Å². The number of ether oxygens (including phenoxy) is 1. The fourth-order valence-electron chi connectivity index (χ4n) is 1.56. The Labute approximate surface area is 104 Å². The van der Waals surface area contributed by atoms with Crippen LogP contribution in [0.15, 0.2) is 30.3 Å². The normalized spacial score (nSPS) is 9.61. The lowest BCUT2D eigenvalue weighted by Crippen LogP contribution is -2.03. The number of nitrogens with zero attached hydrogens (tertiary/aromatic N) is 2. The largest absolute Gasteiger partial charge is 0.478 e. The van der Waals surface area contributed by atoms with Crippen molar-refractivity contribution in [2.75, 3.05) is 12.8 Å². The van der Waals surface area contributed by atoms with Crippen LogP contribution in [-0.4, -0.2) is 23.0 Å². The lowest BCUT2D eigenvalue weighted by molar-refractivity contribution is 0.398. The number of hydrogen-bond acceptors (Lipinski definition) is 5. The number of carbonyl (C=O) groups excluding carboxylic acids is 1. The molecule has 18 heavy (non-hydrogen) atoms. The summed E-state index contributed by atoms with van der Waals surface area (Å²) in [5.74, 6) is 2.06. The van der Waals surface area contributed by atoms with Crippen molar-refractivity contribution < 1.29 is 9.53 Å². The predicted octanol–water partition coefficient (Wildman–Crippen LogP) is 1.58. The number of rotatable bonds is 3. The fourth-order valence-corrected chi connectivity index (χ4v) is 1.56. The Morgan fingerprint density at radius 2 is 2.00 bits per heavy atom. The zero-order valence-electron chi connectivity index (χ0n) is 9.75. The molecule has 0 radical (unpaired) electrons. The van der Waals surface area contributed by atoms with Crippen molar-refractivity contribution >= 4 is 17.8 Å². The van der Waals surface area contributed by atoms with Crippen molar-refractivity contribution in [1.29, 1.82) is 0 Å². The van der Waals surface area contributed by atoms with Gasteiger partial charge in [-0.15, -0.1) is 0 Å². The SMILES string of the molecule is COc1nc(C=C=O)c(-c2ccccc2)nc1N. The molecule has 0 unspecified atom stereocenters. The first-order chi connectivity index (χ1) is 8.76. The Morgan fingerprint density at radius 3 is 2.61 bits per heavy atom. The van der Waals surface area contributed by atoms with E-state index in [1.165, 1.54) is 13.2 Å². The summed E-state index contributed by atoms with van der Waals surface area (Å²) in [6.07, 6.45) is 1.21. The van der Waals surface area contributed by atoms with Crippen molar-refractivity contribution in [1.82, 2.24) is 9.97 Å². The molecule has 2 N–H and O–H groups in total. The van der Waals surface area contributed by atoms with Crippen LogP contribution >= 0.6 is 0 Å². The van der Waals surface area contributed by atoms with Gasteiger partial charge in [-0.2, -0.15) is 0 Å². The number of methoxy groups -OCH3 is 1. The first-order valence-electron chi connectivity index (χ1n) is 5.24. The van der Waals surface area contributed by atoms with Gasteiger partial charge in [0.1, 0.15) is 11.6 Å². The molecule has 0 saturated heterocycles. The van der Waals surface area contributed by atoms with E-state index < -0.39 is 0 Å². The highest BCUT2D eigenvalue weighted by molar-refractivity contribution is 5.81. The maximum absolute atomic E-state index is 10.5. The summed E-state index contributed by atoms with van der Waals surface area (Å²) in [5.41, 5.74) is 7.45. The molecule has 0 atom stereocenters. The molecule has 5 nitrogen and oxygen atoms in total. The summed E-state index contributed by atoms with van der Waals surface area (Å²) in [5, 5.41) is 0. The highest BCUT2D eigenvalue weighted by Gasteiger charge is 2.12. The Bertz CT molecular complexity index is 605. The predicted molar refractivity (Wildman–Crippen MR) is 68.6 cm³/mol. The van der Waals surface area contributed by atoms with Crippen LogP contribution in [0.1, 0.15) is 5.69 Å². The molecule has 0 aliphatic carbocycles. The summed E-state index contributed by atoms with van der Waals surface area (Å²) >= 11 is 0. The number of nitrogens with two attached hydrogens (primary N) is 1. The van der Waals surface area contributed by atoms with Gasteiger partial charge in [-0.3, -0.25) is 0 Å². The van der Waals surface area contributed by atoms with Crippen LogP contribution in [0.3, 0.4) is 0 Å². The smallest absolute Gasteiger partial charge is 0.257 e. The third kappa shape index (κ3) is 2.21. The minimum absolute atomic E-state index is 0.180. The third-order valence-electron chi connectivity index (χ3n) is 2.35. The van der Waals surface area contributed by atoms with E-state index >= 15 is 0 Å². The molecule has 2 aromatic rings. The van der Waals surface area contributed by atoms with Gasteiger partial charge in [-0.1, -0.05) is 30.3 Å². The Kier molecular flexibility index (Phi) is 3.36. The summed E-state index contributed by atoms with van der Waals surface area (Å²) < 4.78 is 4.97. The molecule has 1 aromatic carbocycles. The van der Waals surface area contributed by atoms with Gasteiger partial charge in [-0.05, 0) is 0 Å². The Balaban J connectivity index is 2.66. The number of nitrogen functional groups attached to an aromatic ring is 1. The molecule has 1 aromatic heterocycles. The second-order valence-corrected chi connectivity index (χ2v) is 3.48. The maximum atomic E-state index is 10.5. The fraction of sp³-hybridized carbons (Fsp3) is 0.0769. The molecule has 0 amide bonds. The van der Waals surface area contributed by atoms with Crippen LogP contribution in [0.5, 0.6) is 5.88 Å². The van der Waals surface area contributed by atoms with Gasteiger partial charge in [-0.25, -0.2) is 14.8 Å². The molecule has 0 aliphatic rings. The van der Waals surface area contributed by atoms with Crippen LogP contribution in [-0.2, 0) is 4.79 Å². The van der Waals surface area contributed by atoms with Crippen molar-refractivity contribution in [3.8, 4) is 17.1 Å². The molecule has 1 heterocycles. The standard InChI is InChI=1S/C13H11N3O2/c1-18-13-12(14)16-11(10(15-13)7-8-17)9-5-3-2-4-6-9/h2-7H,1H3,(H2,14,16). The van der Waals surface area contributed by atoms with Gasteiger partial charge in [0.25, 0.3) is 5.88 Å². The monoisotopic (exact) mass is 241 g/mol. The van der Waals surface area contributed by atoms with Crippen LogP contribution in [0.2, 0.25) is 0 Å². The zero-order valence-corrected chi connectivity index (χ0v) is 9.75. The lowest BCUT2D eigenvalue weighted by atomic mass is 10.1. The molecule has 0 spiro atoms. The third-order valence-corrected chi connectivity index (χ3v) is 2.35. The number of aromatic nitrogens is 2. The van der Waals surface area contributed by atoms with Crippen molar-refractivity contribution in [2.45, 2.75) is 0 Å². The average molecular weight is 241 g/mol. The summed E-state index contributed by atoms with van der Waals surface area (Å²) in [6.45, 7) is 0. The van der Waals surface area contributed by atoms with E-state index in [-0.39, 0.29) is 11.7 Å². The molecule has 2 rings (SSSR count). The second-order valence-electron chi connectivity index (χ2n) is 3.48. The van der Waals surface area contributed by atoms with Gasteiger partial charge in [0.15, 0.2) is 5.82 Å². The highest BCUT2D eigenvalue weighted by Crippen LogP contribution is 2.26. The minimum atomic E-state index is 0.180. The maximum Gasteiger partial charge on any atom is 0.257 e. The van der Waals surface area contributed by atoms with Crippen molar-refractivity contribution in [3.05, 3.63) is 36.0 Å². The van der Waals surface area contributed by atoms with Crippen molar-refractivity contribution in [2.24, 2.45) is 0 Å². The van der Waals surface area contributed by atoms with Gasteiger partial charge >= 0.3 is 0 Å². The van der Waals surface area contributed by atoms with E-state index in [1.54, 1.807) is 5.94 Å². The first kappa shape index (κ1) is 11.8. The lowest BCUT2D eigenvalue weighted by Gasteiger charge is -2.08. The number of benzene rings is 1. The molecular formula is C13H11N3O2. The Hall–Kier alpha value is -2.65. The van der Waals surface area contributed by atoms with Gasteiger partial charge in [0.2, 0.25) is 0 Å². The Morgan fingerprint density at radius 1 is 1.28 bits per heavy atom. The topological polar surface area (TPSA) is 78.1 Å². The summed E-state index contributed by atoms with van der Waals surface area (Å²) in [7, 11) is 1.44. The van der Waals surface area contributed by atoms with Crippen LogP contribution in [0, 0.1) is 0 Å². The molecule has 0 fully saturated rings. The first-order valence-corrected chi connectivity index (χ1v) is 5.24. The van der Waals surface area contributed by atoms with E-state index in [9.17, 15) is 4.79 Å². The molecule has 0 saturated carbocycles. The van der Waals surface area contributed by atoms with E-state index in [4.69, 9.17) is 10.5 Å². The quantitative estimate of drug-likeness (QED) is 0.825. The van der Waals surface area contributed by atoms with E-state index in [1.807, 2.05) is 30.3 Å². The highest BCUT2D eigenvalue weighted by atomic mass is 16.5. The summed E-state index contributed by atoms with van der Waals surface area (Å²) in [6, 6.07) is 9.34. The van der Waals surface area contributed by atoms with Gasteiger partial charge in [0, 0.05) is 5.56 Å². The minimum Gasteiger partial charge on any atom is -0.478 e. The van der Waals surface area contributed by atoms with Gasteiger partial charge in [0.05, 0.1) is 18.9 Å². The number of anilines is 1.